The molecule has 158 valence electrons. The average Bonchev–Trinajstić information content (AvgIpc) is 3.17. The van der Waals surface area contributed by atoms with E-state index in [0.717, 1.165) is 5.56 Å². The number of oxazole rings is 1. The molecule has 0 fully saturated rings. The quantitative estimate of drug-likeness (QED) is 0.446. The molecule has 0 radical (unpaired) electrons. The van der Waals surface area contributed by atoms with Crippen LogP contribution in [0.4, 0.5) is 0 Å². The molecule has 0 aliphatic rings. The van der Waals surface area contributed by atoms with Gasteiger partial charge in [0.2, 0.25) is 10.0 Å². The van der Waals surface area contributed by atoms with E-state index in [4.69, 9.17) is 25.9 Å². The lowest BCUT2D eigenvalue weighted by Crippen LogP contribution is -2.13. The van der Waals surface area contributed by atoms with Crippen molar-refractivity contribution in [2.75, 3.05) is 7.11 Å². The van der Waals surface area contributed by atoms with Crippen molar-refractivity contribution in [2.45, 2.75) is 11.3 Å². The van der Waals surface area contributed by atoms with Crippen LogP contribution in [0.15, 0.2) is 82.1 Å². The Kier molecular flexibility index (Phi) is 5.82. The zero-order chi connectivity index (χ0) is 22.0. The van der Waals surface area contributed by atoms with Crippen LogP contribution in [-0.2, 0) is 16.4 Å². The Bertz CT molecular complexity index is 1330. The van der Waals surface area contributed by atoms with Crippen LogP contribution in [0, 0.1) is 0 Å². The standard InChI is InChI=1S/C23H19ClN2O4S/c1-29-19-14-16(24)11-12-17(19)23-22(18-9-5-6-10-20(18)31(25,27)28)26-21(30-23)13-15-7-3-2-4-8-15/h2-12,14H,13H2,1H3,(H2,25,27,28). The summed E-state index contributed by atoms with van der Waals surface area (Å²) in [6.45, 7) is 0. The van der Waals surface area contributed by atoms with Gasteiger partial charge in [0.25, 0.3) is 0 Å². The van der Waals surface area contributed by atoms with Gasteiger partial charge >= 0.3 is 0 Å². The van der Waals surface area contributed by atoms with Gasteiger partial charge in [0.1, 0.15) is 11.4 Å². The highest BCUT2D eigenvalue weighted by Crippen LogP contribution is 2.40. The molecule has 8 heteroatoms. The fourth-order valence-electron chi connectivity index (χ4n) is 3.34. The number of rotatable bonds is 6. The average molecular weight is 455 g/mol. The molecule has 4 aromatic rings. The lowest BCUT2D eigenvalue weighted by molar-refractivity contribution is 0.414. The lowest BCUT2D eigenvalue weighted by Gasteiger charge is -2.10. The Balaban J connectivity index is 1.95. The minimum Gasteiger partial charge on any atom is -0.496 e. The molecule has 4 rings (SSSR count). The van der Waals surface area contributed by atoms with Gasteiger partial charge in [0.15, 0.2) is 11.7 Å². The molecule has 0 unspecified atom stereocenters. The van der Waals surface area contributed by atoms with Crippen molar-refractivity contribution in [2.24, 2.45) is 5.14 Å². The molecule has 0 amide bonds. The number of sulfonamides is 1. The SMILES string of the molecule is COc1cc(Cl)ccc1-c1oc(Cc2ccccc2)nc1-c1ccccc1S(N)(=O)=O. The maximum absolute atomic E-state index is 12.2. The Morgan fingerprint density at radius 3 is 2.42 bits per heavy atom. The van der Waals surface area contributed by atoms with Crippen LogP contribution in [0.2, 0.25) is 5.02 Å². The Morgan fingerprint density at radius 1 is 1.00 bits per heavy atom. The van der Waals surface area contributed by atoms with Crippen molar-refractivity contribution < 1.29 is 17.6 Å². The second-order valence-electron chi connectivity index (χ2n) is 6.83. The van der Waals surface area contributed by atoms with Gasteiger partial charge in [0, 0.05) is 17.0 Å². The van der Waals surface area contributed by atoms with E-state index in [1.54, 1.807) is 36.4 Å². The van der Waals surface area contributed by atoms with Gasteiger partial charge in [-0.15, -0.1) is 0 Å². The summed E-state index contributed by atoms with van der Waals surface area (Å²) in [5.74, 6) is 1.28. The predicted octanol–water partition coefficient (Wildman–Crippen LogP) is 4.91. The number of halogens is 1. The topological polar surface area (TPSA) is 95.4 Å². The van der Waals surface area contributed by atoms with Gasteiger partial charge < -0.3 is 9.15 Å². The fourth-order valence-corrected chi connectivity index (χ4v) is 4.24. The van der Waals surface area contributed by atoms with E-state index in [0.29, 0.717) is 45.7 Å². The zero-order valence-corrected chi connectivity index (χ0v) is 18.2. The molecule has 6 nitrogen and oxygen atoms in total. The maximum Gasteiger partial charge on any atom is 0.238 e. The second kappa shape index (κ2) is 8.55. The molecule has 31 heavy (non-hydrogen) atoms. The van der Waals surface area contributed by atoms with E-state index in [9.17, 15) is 8.42 Å². The van der Waals surface area contributed by atoms with Crippen molar-refractivity contribution in [1.82, 2.24) is 4.98 Å². The summed E-state index contributed by atoms with van der Waals surface area (Å²) in [6.07, 6.45) is 0.432. The molecule has 0 saturated heterocycles. The molecule has 1 aromatic heterocycles. The van der Waals surface area contributed by atoms with Crippen molar-refractivity contribution in [3.63, 3.8) is 0 Å². The Morgan fingerprint density at radius 2 is 1.71 bits per heavy atom. The van der Waals surface area contributed by atoms with E-state index in [1.165, 1.54) is 13.2 Å². The summed E-state index contributed by atoms with van der Waals surface area (Å²) in [5, 5.41) is 5.96. The van der Waals surface area contributed by atoms with Gasteiger partial charge in [-0.1, -0.05) is 60.1 Å². The first-order chi connectivity index (χ1) is 14.9. The minimum absolute atomic E-state index is 0.0382. The first-order valence-electron chi connectivity index (χ1n) is 9.36. The van der Waals surface area contributed by atoms with Crippen molar-refractivity contribution in [3.8, 4) is 28.3 Å². The van der Waals surface area contributed by atoms with E-state index < -0.39 is 10.0 Å². The number of aromatic nitrogens is 1. The second-order valence-corrected chi connectivity index (χ2v) is 8.80. The van der Waals surface area contributed by atoms with Gasteiger partial charge in [0.05, 0.1) is 17.6 Å². The summed E-state index contributed by atoms with van der Waals surface area (Å²) in [5.41, 5.74) is 2.30. The first kappa shape index (κ1) is 21.1. The summed E-state index contributed by atoms with van der Waals surface area (Å²) >= 11 is 6.12. The number of ether oxygens (including phenoxy) is 1. The number of nitrogens with two attached hydrogens (primary N) is 1. The van der Waals surface area contributed by atoms with Gasteiger partial charge in [-0.3, -0.25) is 0 Å². The van der Waals surface area contributed by atoms with E-state index in [-0.39, 0.29) is 4.90 Å². The van der Waals surface area contributed by atoms with E-state index in [2.05, 4.69) is 4.98 Å². The normalized spacial score (nSPS) is 11.5. The predicted molar refractivity (Wildman–Crippen MR) is 120 cm³/mol. The number of primary sulfonamides is 1. The molecule has 2 N–H and O–H groups in total. The fraction of sp³-hybridized carbons (Fsp3) is 0.0870. The Labute approximate surface area is 185 Å². The smallest absolute Gasteiger partial charge is 0.238 e. The summed E-state index contributed by atoms with van der Waals surface area (Å²) < 4.78 is 36.1. The van der Waals surface area contributed by atoms with E-state index in [1.807, 2.05) is 30.3 Å². The largest absolute Gasteiger partial charge is 0.496 e. The molecular formula is C23H19ClN2O4S. The maximum atomic E-state index is 12.2. The lowest BCUT2D eigenvalue weighted by atomic mass is 10.0. The molecule has 0 bridgehead atoms. The highest BCUT2D eigenvalue weighted by atomic mass is 35.5. The first-order valence-corrected chi connectivity index (χ1v) is 11.3. The van der Waals surface area contributed by atoms with Crippen molar-refractivity contribution >= 4 is 21.6 Å². The van der Waals surface area contributed by atoms with Gasteiger partial charge in [-0.25, -0.2) is 18.5 Å². The Hall–Kier alpha value is -3.13. The van der Waals surface area contributed by atoms with Gasteiger partial charge in [-0.05, 0) is 29.8 Å². The third-order valence-electron chi connectivity index (χ3n) is 4.73. The van der Waals surface area contributed by atoms with Crippen LogP contribution in [0.25, 0.3) is 22.6 Å². The molecule has 0 saturated carbocycles. The van der Waals surface area contributed by atoms with Crippen LogP contribution in [0.5, 0.6) is 5.75 Å². The number of nitrogens with zero attached hydrogens (tertiary/aromatic N) is 1. The van der Waals surface area contributed by atoms with Crippen LogP contribution in [0.1, 0.15) is 11.5 Å². The van der Waals surface area contributed by atoms with Crippen LogP contribution in [0.3, 0.4) is 0 Å². The molecule has 0 aliphatic carbocycles. The number of methoxy groups -OCH3 is 1. The number of hydrogen-bond acceptors (Lipinski definition) is 5. The van der Waals surface area contributed by atoms with Crippen LogP contribution < -0.4 is 9.88 Å². The highest BCUT2D eigenvalue weighted by Gasteiger charge is 2.25. The molecule has 0 spiro atoms. The number of benzene rings is 3. The molecule has 0 atom stereocenters. The van der Waals surface area contributed by atoms with Crippen LogP contribution >= 0.6 is 11.6 Å². The molecular weight excluding hydrogens is 436 g/mol. The van der Waals surface area contributed by atoms with E-state index >= 15 is 0 Å². The summed E-state index contributed by atoms with van der Waals surface area (Å²) in [7, 11) is -2.46. The highest BCUT2D eigenvalue weighted by molar-refractivity contribution is 7.89. The van der Waals surface area contributed by atoms with Crippen molar-refractivity contribution in [3.05, 3.63) is 89.3 Å². The number of hydrogen-bond donors (Lipinski definition) is 1. The van der Waals surface area contributed by atoms with Crippen LogP contribution in [-0.4, -0.2) is 20.5 Å². The third-order valence-corrected chi connectivity index (χ3v) is 5.93. The minimum atomic E-state index is -3.99. The summed E-state index contributed by atoms with van der Waals surface area (Å²) in [4.78, 5) is 4.61. The molecule has 0 aliphatic heterocycles. The third kappa shape index (κ3) is 4.49. The summed E-state index contributed by atoms with van der Waals surface area (Å²) in [6, 6.07) is 21.2. The monoisotopic (exact) mass is 454 g/mol. The molecule has 3 aromatic carbocycles. The zero-order valence-electron chi connectivity index (χ0n) is 16.6. The van der Waals surface area contributed by atoms with Crippen molar-refractivity contribution in [1.29, 1.82) is 0 Å². The van der Waals surface area contributed by atoms with Gasteiger partial charge in [-0.2, -0.15) is 0 Å². The molecule has 1 heterocycles.